The molecule has 0 atom stereocenters. The topological polar surface area (TPSA) is 99.3 Å². The van der Waals surface area contributed by atoms with E-state index in [2.05, 4.69) is 14.4 Å². The summed E-state index contributed by atoms with van der Waals surface area (Å²) in [6.07, 6.45) is -8.55. The molecule has 1 aliphatic rings. The molecule has 0 spiro atoms. The molecular weight excluding hydrogens is 606 g/mol. The molecule has 0 N–H and O–H groups in total. The zero-order chi connectivity index (χ0) is 30.0. The van der Waals surface area contributed by atoms with Crippen LogP contribution < -0.4 is 4.18 Å². The predicted molar refractivity (Wildman–Crippen MR) is 121 cm³/mol. The average molecular weight is 622 g/mol. The number of amides is 1. The van der Waals surface area contributed by atoms with Gasteiger partial charge < -0.3 is 9.08 Å². The van der Waals surface area contributed by atoms with Gasteiger partial charge in [0.25, 0.3) is 11.8 Å². The Hall–Kier alpha value is -3.41. The van der Waals surface area contributed by atoms with E-state index >= 15 is 0 Å². The van der Waals surface area contributed by atoms with E-state index in [4.69, 9.17) is 11.6 Å². The van der Waals surface area contributed by atoms with E-state index in [0.29, 0.717) is 9.36 Å². The summed E-state index contributed by atoms with van der Waals surface area (Å²) >= 11 is 6.16. The van der Waals surface area contributed by atoms with Gasteiger partial charge >= 0.3 is 27.7 Å². The molecule has 1 saturated carbocycles. The number of hydrogen-bond donors (Lipinski definition) is 0. The number of carbonyl (C=O) groups is 1. The second kappa shape index (κ2) is 9.60. The molecule has 1 aliphatic carbocycles. The maximum atomic E-state index is 13.9. The van der Waals surface area contributed by atoms with Gasteiger partial charge in [-0.15, -0.1) is 5.10 Å². The normalized spacial score (nSPS) is 14.9. The molecule has 4 rings (SSSR count). The van der Waals surface area contributed by atoms with Crippen LogP contribution in [0.5, 0.6) is 5.88 Å². The number of nitrogens with zero attached hydrogens (tertiary/aromatic N) is 5. The monoisotopic (exact) mass is 621 g/mol. The Morgan fingerprint density at radius 3 is 2.27 bits per heavy atom. The van der Waals surface area contributed by atoms with Crippen LogP contribution in [0.2, 0.25) is 5.02 Å². The molecule has 2 aromatic heterocycles. The van der Waals surface area contributed by atoms with Crippen molar-refractivity contribution in [2.75, 3.05) is 7.05 Å². The van der Waals surface area contributed by atoms with Crippen molar-refractivity contribution in [1.29, 1.82) is 0 Å². The van der Waals surface area contributed by atoms with Crippen molar-refractivity contribution < 1.29 is 52.5 Å². The minimum atomic E-state index is -7.01. The zero-order valence-electron chi connectivity index (χ0n) is 20.1. The van der Waals surface area contributed by atoms with Gasteiger partial charge in [-0.3, -0.25) is 4.79 Å². The Labute approximate surface area is 225 Å². The third kappa shape index (κ3) is 5.21. The van der Waals surface area contributed by atoms with Crippen molar-refractivity contribution in [2.45, 2.75) is 36.5 Å². The largest absolute Gasteiger partial charge is 0.475 e. The fourth-order valence-corrected chi connectivity index (χ4v) is 4.54. The number of aryl methyl sites for hydroxylation is 1. The lowest BCUT2D eigenvalue weighted by molar-refractivity contribution is -0.243. The van der Waals surface area contributed by atoms with Crippen LogP contribution in [0.4, 0.5) is 35.1 Å². The van der Waals surface area contributed by atoms with E-state index in [1.54, 1.807) is 7.05 Å². The summed E-state index contributed by atoms with van der Waals surface area (Å²) in [6, 6.07) is 4.24. The lowest BCUT2D eigenvalue weighted by Crippen LogP contribution is -2.46. The quantitative estimate of drug-likeness (QED) is 0.271. The molecule has 218 valence electrons. The lowest BCUT2D eigenvalue weighted by Gasteiger charge is -2.19. The van der Waals surface area contributed by atoms with Crippen molar-refractivity contribution in [3.05, 3.63) is 46.7 Å². The highest BCUT2D eigenvalue weighted by Gasteiger charge is 2.69. The van der Waals surface area contributed by atoms with Gasteiger partial charge in [0, 0.05) is 31.9 Å². The highest BCUT2D eigenvalue weighted by atomic mass is 35.5. The van der Waals surface area contributed by atoms with Gasteiger partial charge in [0.1, 0.15) is 0 Å². The molecule has 0 bridgehead atoms. The van der Waals surface area contributed by atoms with Crippen molar-refractivity contribution >= 4 is 27.6 Å². The number of alkyl halides is 8. The molecule has 1 amide bonds. The summed E-state index contributed by atoms with van der Waals surface area (Å²) < 4.78 is 134. The number of benzene rings is 1. The molecule has 1 aromatic carbocycles. The first-order valence-corrected chi connectivity index (χ1v) is 12.7. The second-order valence-electron chi connectivity index (χ2n) is 8.69. The molecule has 40 heavy (non-hydrogen) atoms. The molecule has 3 aromatic rings. The van der Waals surface area contributed by atoms with Crippen molar-refractivity contribution in [3.8, 4) is 22.8 Å². The molecular formula is C21H16ClF8N5O4S. The van der Waals surface area contributed by atoms with Crippen molar-refractivity contribution in [3.63, 3.8) is 0 Å². The van der Waals surface area contributed by atoms with E-state index in [-0.39, 0.29) is 27.8 Å². The average Bonchev–Trinajstić information content (AvgIpc) is 3.47. The standard InChI is InChI=1S/C21H16ClF8N5O4S/c1-33(12-4-5-12)18(36)13-7-10(3-6-14(13)22)11-8-31-35(9-11)17-15(19(23,24)25)16(32-34(17)2)39-40(37,38)21(29,30)20(26,27)28/h3,6-9,12H,4-5H2,1-2H3. The Morgan fingerprint density at radius 1 is 1.10 bits per heavy atom. The molecule has 0 unspecified atom stereocenters. The molecule has 0 radical (unpaired) electrons. The van der Waals surface area contributed by atoms with Gasteiger partial charge in [0.15, 0.2) is 11.4 Å². The smallest absolute Gasteiger partial charge is 0.355 e. The van der Waals surface area contributed by atoms with Crippen molar-refractivity contribution in [2.24, 2.45) is 7.05 Å². The summed E-state index contributed by atoms with van der Waals surface area (Å²) in [5, 5.41) is 0.398. The number of hydrogen-bond acceptors (Lipinski definition) is 6. The summed E-state index contributed by atoms with van der Waals surface area (Å²) in [5.74, 6) is -3.54. The number of halogens is 9. The van der Waals surface area contributed by atoms with Crippen LogP contribution in [0.1, 0.15) is 28.8 Å². The molecule has 0 saturated heterocycles. The highest BCUT2D eigenvalue weighted by molar-refractivity contribution is 7.88. The Bertz CT molecular complexity index is 1580. The zero-order valence-corrected chi connectivity index (χ0v) is 21.6. The number of carbonyl (C=O) groups excluding carboxylic acids is 1. The number of aromatic nitrogens is 4. The first kappa shape index (κ1) is 29.6. The van der Waals surface area contributed by atoms with E-state index < -0.39 is 50.9 Å². The fraction of sp³-hybridized carbons (Fsp3) is 0.381. The maximum absolute atomic E-state index is 13.9. The van der Waals surface area contributed by atoms with E-state index in [0.717, 1.165) is 32.3 Å². The van der Waals surface area contributed by atoms with Crippen LogP contribution in [0.3, 0.4) is 0 Å². The molecule has 9 nitrogen and oxygen atoms in total. The van der Waals surface area contributed by atoms with Gasteiger partial charge in [-0.2, -0.15) is 48.6 Å². The van der Waals surface area contributed by atoms with Crippen LogP contribution in [-0.4, -0.2) is 63.3 Å². The minimum absolute atomic E-state index is 0.0527. The van der Waals surface area contributed by atoms with Crippen LogP contribution in [0.15, 0.2) is 30.6 Å². The fourth-order valence-electron chi connectivity index (χ4n) is 3.63. The Kier molecular flexibility index (Phi) is 7.10. The van der Waals surface area contributed by atoms with Gasteiger partial charge in [0.05, 0.1) is 16.8 Å². The highest BCUT2D eigenvalue weighted by Crippen LogP contribution is 2.45. The Morgan fingerprint density at radius 2 is 1.73 bits per heavy atom. The minimum Gasteiger partial charge on any atom is -0.355 e. The summed E-state index contributed by atoms with van der Waals surface area (Å²) in [7, 11) is -4.61. The van der Waals surface area contributed by atoms with Crippen LogP contribution in [0.25, 0.3) is 16.9 Å². The second-order valence-corrected chi connectivity index (χ2v) is 10.7. The van der Waals surface area contributed by atoms with Gasteiger partial charge in [-0.05, 0) is 30.5 Å². The van der Waals surface area contributed by atoms with E-state index in [1.165, 1.54) is 23.1 Å². The van der Waals surface area contributed by atoms with Gasteiger partial charge in [-0.25, -0.2) is 9.36 Å². The first-order chi connectivity index (χ1) is 18.3. The lowest BCUT2D eigenvalue weighted by atomic mass is 10.1. The van der Waals surface area contributed by atoms with Crippen molar-refractivity contribution in [1.82, 2.24) is 24.5 Å². The van der Waals surface area contributed by atoms with E-state index in [1.807, 2.05) is 0 Å². The van der Waals surface area contributed by atoms with Gasteiger partial charge in [0.2, 0.25) is 0 Å². The summed E-state index contributed by atoms with van der Waals surface area (Å²) in [5.41, 5.74) is -1.58. The van der Waals surface area contributed by atoms with Crippen LogP contribution in [-0.2, 0) is 23.3 Å². The SMILES string of the molecule is CN(C(=O)c1cc(-c2cnn(-c3c(C(F)(F)F)c(OS(=O)(=O)C(F)(F)C(F)(F)F)nn3C)c2)ccc1Cl)C1CC1. The Balaban J connectivity index is 1.75. The van der Waals surface area contributed by atoms with E-state index in [9.17, 15) is 48.3 Å². The van der Waals surface area contributed by atoms with Crippen LogP contribution >= 0.6 is 11.6 Å². The third-order valence-electron chi connectivity index (χ3n) is 5.85. The number of rotatable bonds is 7. The molecule has 1 fully saturated rings. The van der Waals surface area contributed by atoms with Crippen LogP contribution in [0, 0.1) is 0 Å². The summed E-state index contributed by atoms with van der Waals surface area (Å²) in [4.78, 5) is 14.3. The van der Waals surface area contributed by atoms with Gasteiger partial charge in [-0.1, -0.05) is 17.7 Å². The maximum Gasteiger partial charge on any atom is 0.475 e. The molecule has 0 aliphatic heterocycles. The predicted octanol–water partition coefficient (Wildman–Crippen LogP) is 5.04. The first-order valence-electron chi connectivity index (χ1n) is 10.9. The molecule has 2 heterocycles. The summed E-state index contributed by atoms with van der Waals surface area (Å²) in [6.45, 7) is 0. The molecule has 19 heteroatoms. The third-order valence-corrected chi connectivity index (χ3v) is 7.41.